The van der Waals surface area contributed by atoms with E-state index in [0.717, 1.165) is 66.8 Å². The van der Waals surface area contributed by atoms with Gasteiger partial charge in [-0.1, -0.05) is 109 Å². The third-order valence-corrected chi connectivity index (χ3v) is 6.94. The summed E-state index contributed by atoms with van der Waals surface area (Å²) in [6.07, 6.45) is 0. The highest BCUT2D eigenvalue weighted by molar-refractivity contribution is 6.08. The number of nitrogens with zero attached hydrogens (tertiary/aromatic N) is 4. The molecule has 3 aromatic heterocycles. The largest absolute Gasteiger partial charge is 0.251 e. The summed E-state index contributed by atoms with van der Waals surface area (Å²) in [6.45, 7) is 2.03. The van der Waals surface area contributed by atoms with Gasteiger partial charge in [0.05, 0.1) is 28.1 Å². The quantitative estimate of drug-likeness (QED) is 0.227. The van der Waals surface area contributed by atoms with Gasteiger partial charge in [0.2, 0.25) is 0 Å². The number of rotatable bonds is 4. The van der Waals surface area contributed by atoms with E-state index in [0.29, 0.717) is 5.82 Å². The number of hydrogen-bond acceptors (Lipinski definition) is 4. The van der Waals surface area contributed by atoms with Gasteiger partial charge in [-0.3, -0.25) is 4.98 Å². The summed E-state index contributed by atoms with van der Waals surface area (Å²) in [6, 6.07) is 43.3. The van der Waals surface area contributed by atoms with Crippen molar-refractivity contribution in [3.05, 3.63) is 133 Å². The lowest BCUT2D eigenvalue weighted by molar-refractivity contribution is 1.18. The van der Waals surface area contributed by atoms with Gasteiger partial charge >= 0.3 is 0 Å². The van der Waals surface area contributed by atoms with Crippen LogP contribution in [0.4, 0.5) is 0 Å². The number of fused-ring (bicyclic) bond motifs is 3. The number of benzene rings is 4. The molecule has 0 radical (unpaired) electrons. The molecule has 4 nitrogen and oxygen atoms in total. The molecule has 0 aliphatic carbocycles. The summed E-state index contributed by atoms with van der Waals surface area (Å²) in [5.41, 5.74) is 9.48. The molecular weight excluding hydrogens is 476 g/mol. The van der Waals surface area contributed by atoms with Crippen LogP contribution < -0.4 is 0 Å². The van der Waals surface area contributed by atoms with E-state index >= 15 is 0 Å². The molecule has 0 unspecified atom stereocenters. The monoisotopic (exact) mass is 500 g/mol. The first-order valence-corrected chi connectivity index (χ1v) is 13.0. The fourth-order valence-corrected chi connectivity index (χ4v) is 5.04. The van der Waals surface area contributed by atoms with E-state index in [9.17, 15) is 0 Å². The van der Waals surface area contributed by atoms with Crippen LogP contribution in [0.3, 0.4) is 0 Å². The zero-order valence-corrected chi connectivity index (χ0v) is 21.4. The maximum atomic E-state index is 5.08. The molecule has 0 aliphatic rings. The van der Waals surface area contributed by atoms with Crippen LogP contribution in [-0.4, -0.2) is 19.9 Å². The molecule has 184 valence electrons. The summed E-state index contributed by atoms with van der Waals surface area (Å²) >= 11 is 0. The van der Waals surface area contributed by atoms with E-state index < -0.39 is 0 Å². The van der Waals surface area contributed by atoms with Gasteiger partial charge in [-0.15, -0.1) is 0 Å². The molecule has 0 atom stereocenters. The van der Waals surface area contributed by atoms with Crippen molar-refractivity contribution in [2.45, 2.75) is 6.92 Å². The molecule has 0 spiro atoms. The molecule has 39 heavy (non-hydrogen) atoms. The van der Waals surface area contributed by atoms with Crippen molar-refractivity contribution >= 4 is 21.8 Å². The van der Waals surface area contributed by atoms with Crippen LogP contribution in [0.1, 0.15) is 5.69 Å². The average Bonchev–Trinajstić information content (AvgIpc) is 3.01. The van der Waals surface area contributed by atoms with E-state index in [1.165, 1.54) is 0 Å². The Labute approximate surface area is 226 Å². The van der Waals surface area contributed by atoms with Crippen LogP contribution in [-0.2, 0) is 0 Å². The van der Waals surface area contributed by atoms with Gasteiger partial charge in [0.25, 0.3) is 0 Å². The van der Waals surface area contributed by atoms with Crippen molar-refractivity contribution in [3.8, 4) is 45.2 Å². The molecule has 0 amide bonds. The second kappa shape index (κ2) is 9.58. The summed E-state index contributed by atoms with van der Waals surface area (Å²) < 4.78 is 0. The highest BCUT2D eigenvalue weighted by atomic mass is 14.9. The van der Waals surface area contributed by atoms with Crippen LogP contribution in [0.5, 0.6) is 0 Å². The fraction of sp³-hybridized carbons (Fsp3) is 0.0286. The highest BCUT2D eigenvalue weighted by Gasteiger charge is 2.16. The van der Waals surface area contributed by atoms with Crippen LogP contribution >= 0.6 is 0 Å². The van der Waals surface area contributed by atoms with E-state index in [-0.39, 0.29) is 0 Å². The van der Waals surface area contributed by atoms with Gasteiger partial charge in [0.15, 0.2) is 5.82 Å². The Morgan fingerprint density at radius 3 is 1.72 bits per heavy atom. The van der Waals surface area contributed by atoms with Gasteiger partial charge in [0, 0.05) is 38.7 Å². The molecule has 4 aromatic carbocycles. The van der Waals surface area contributed by atoms with Crippen LogP contribution in [0.15, 0.2) is 127 Å². The Morgan fingerprint density at radius 1 is 0.436 bits per heavy atom. The zero-order valence-electron chi connectivity index (χ0n) is 21.4. The van der Waals surface area contributed by atoms with E-state index in [1.54, 1.807) is 0 Å². The number of pyridine rings is 2. The number of aromatic nitrogens is 4. The third kappa shape index (κ3) is 4.32. The molecule has 7 rings (SSSR count). The predicted octanol–water partition coefficient (Wildman–Crippen LogP) is 8.55. The Morgan fingerprint density at radius 2 is 1.03 bits per heavy atom. The van der Waals surface area contributed by atoms with Gasteiger partial charge < -0.3 is 0 Å². The third-order valence-electron chi connectivity index (χ3n) is 6.94. The average molecular weight is 501 g/mol. The Balaban J connectivity index is 1.49. The lowest BCUT2D eigenvalue weighted by Crippen LogP contribution is -1.98. The molecule has 0 N–H and O–H groups in total. The molecule has 0 bridgehead atoms. The Kier molecular flexibility index (Phi) is 5.64. The smallest absolute Gasteiger partial charge is 0.160 e. The summed E-state index contributed by atoms with van der Waals surface area (Å²) in [5, 5.41) is 2.08. The number of aryl methyl sites for hydroxylation is 1. The first-order chi connectivity index (χ1) is 19.2. The minimum atomic E-state index is 0.694. The molecule has 4 heteroatoms. The standard InChI is InChI=1S/C35H24N4/c1-23-21-29(28-19-17-26-18-20-30(24-11-5-2-6-12-24)37-33(26)34(28)36-23)32-22-31(25-13-7-3-8-14-25)38-35(39-32)27-15-9-4-10-16-27/h2-22H,1H3. The lowest BCUT2D eigenvalue weighted by Gasteiger charge is -2.13. The second-order valence-corrected chi connectivity index (χ2v) is 9.60. The molecule has 0 saturated heterocycles. The molecule has 0 aliphatic heterocycles. The van der Waals surface area contributed by atoms with Crippen molar-refractivity contribution < 1.29 is 0 Å². The van der Waals surface area contributed by atoms with Crippen molar-refractivity contribution in [2.75, 3.05) is 0 Å². The van der Waals surface area contributed by atoms with Crippen LogP contribution in [0.25, 0.3) is 67.0 Å². The topological polar surface area (TPSA) is 51.6 Å². The van der Waals surface area contributed by atoms with Gasteiger partial charge in [0.1, 0.15) is 0 Å². The van der Waals surface area contributed by atoms with Gasteiger partial charge in [-0.05, 0) is 25.1 Å². The van der Waals surface area contributed by atoms with Crippen LogP contribution in [0.2, 0.25) is 0 Å². The highest BCUT2D eigenvalue weighted by Crippen LogP contribution is 2.35. The maximum Gasteiger partial charge on any atom is 0.160 e. The zero-order chi connectivity index (χ0) is 26.2. The molecule has 3 heterocycles. The van der Waals surface area contributed by atoms with E-state index in [2.05, 4.69) is 60.7 Å². The summed E-state index contributed by atoms with van der Waals surface area (Å²) in [5.74, 6) is 0.694. The first kappa shape index (κ1) is 22.9. The second-order valence-electron chi connectivity index (χ2n) is 9.60. The molecular formula is C35H24N4. The van der Waals surface area contributed by atoms with E-state index in [1.807, 2.05) is 73.7 Å². The van der Waals surface area contributed by atoms with Gasteiger partial charge in [-0.25, -0.2) is 15.0 Å². The molecule has 0 fully saturated rings. The SMILES string of the molecule is Cc1cc(-c2cc(-c3ccccc3)nc(-c3ccccc3)n2)c2ccc3ccc(-c4ccccc4)nc3c2n1. The fourth-order valence-electron chi connectivity index (χ4n) is 5.04. The minimum Gasteiger partial charge on any atom is -0.251 e. The minimum absolute atomic E-state index is 0.694. The van der Waals surface area contributed by atoms with Crippen molar-refractivity contribution in [1.82, 2.24) is 19.9 Å². The summed E-state index contributed by atoms with van der Waals surface area (Å²) in [7, 11) is 0. The lowest BCUT2D eigenvalue weighted by atomic mass is 10.00. The maximum absolute atomic E-state index is 5.08. The van der Waals surface area contributed by atoms with Crippen molar-refractivity contribution in [1.29, 1.82) is 0 Å². The summed E-state index contributed by atoms with van der Waals surface area (Å²) in [4.78, 5) is 20.1. The van der Waals surface area contributed by atoms with Crippen molar-refractivity contribution in [2.24, 2.45) is 0 Å². The number of hydrogen-bond donors (Lipinski definition) is 0. The normalized spacial score (nSPS) is 11.2. The molecule has 0 saturated carbocycles. The first-order valence-electron chi connectivity index (χ1n) is 13.0. The van der Waals surface area contributed by atoms with Crippen LogP contribution in [0, 0.1) is 6.92 Å². The Hall–Kier alpha value is -5.22. The van der Waals surface area contributed by atoms with E-state index in [4.69, 9.17) is 19.9 Å². The Bertz CT molecular complexity index is 1890. The van der Waals surface area contributed by atoms with Gasteiger partial charge in [-0.2, -0.15) is 0 Å². The predicted molar refractivity (Wildman–Crippen MR) is 159 cm³/mol. The van der Waals surface area contributed by atoms with Crippen molar-refractivity contribution in [3.63, 3.8) is 0 Å². The molecule has 7 aromatic rings.